The molecule has 0 saturated carbocycles. The maximum Gasteiger partial charge on any atom is 0.228 e. The summed E-state index contributed by atoms with van der Waals surface area (Å²) in [7, 11) is 0. The molecule has 0 spiro atoms. The van der Waals surface area contributed by atoms with E-state index in [0.29, 0.717) is 25.9 Å². The highest BCUT2D eigenvalue weighted by atomic mass is 16.3. The first-order valence-electron chi connectivity index (χ1n) is 16.7. The molecule has 2 aromatic heterocycles. The van der Waals surface area contributed by atoms with Gasteiger partial charge in [-0.3, -0.25) is 14.4 Å². The molecule has 3 atom stereocenters. The number of furan rings is 1. The minimum atomic E-state index is -0.816. The summed E-state index contributed by atoms with van der Waals surface area (Å²) in [4.78, 5) is 49.4. The second-order valence-electron chi connectivity index (χ2n) is 13.4. The van der Waals surface area contributed by atoms with E-state index in [1.165, 1.54) is 24.0 Å². The number of nitrogens with one attached hydrogen (secondary N) is 2. The Morgan fingerprint density at radius 3 is 2.70 bits per heavy atom. The molecule has 5 heterocycles. The van der Waals surface area contributed by atoms with Crippen molar-refractivity contribution in [3.05, 3.63) is 59.5 Å². The van der Waals surface area contributed by atoms with Crippen LogP contribution in [0.15, 0.2) is 52.7 Å². The van der Waals surface area contributed by atoms with Crippen LogP contribution in [0.25, 0.3) is 22.2 Å². The first-order chi connectivity index (χ1) is 21.4. The highest BCUT2D eigenvalue weighted by molar-refractivity contribution is 5.93. The minimum Gasteiger partial charge on any atom is -0.464 e. The van der Waals surface area contributed by atoms with E-state index in [4.69, 9.17) is 4.42 Å². The van der Waals surface area contributed by atoms with Crippen LogP contribution in [0.5, 0.6) is 0 Å². The van der Waals surface area contributed by atoms with Crippen LogP contribution in [-0.2, 0) is 26.3 Å². The van der Waals surface area contributed by atoms with E-state index in [0.717, 1.165) is 79.5 Å². The molecule has 8 nitrogen and oxygen atoms in total. The van der Waals surface area contributed by atoms with Crippen molar-refractivity contribution in [3.8, 4) is 11.3 Å². The lowest BCUT2D eigenvalue weighted by molar-refractivity contribution is -0.164. The number of piperidine rings is 2. The van der Waals surface area contributed by atoms with Crippen molar-refractivity contribution in [3.63, 3.8) is 0 Å². The normalized spacial score (nSPS) is 25.4. The molecule has 44 heavy (non-hydrogen) atoms. The first-order valence-corrected chi connectivity index (χ1v) is 16.7. The third-order valence-corrected chi connectivity index (χ3v) is 10.7. The maximum absolute atomic E-state index is 14.4. The molecule has 2 saturated heterocycles. The smallest absolute Gasteiger partial charge is 0.228 e. The molecule has 0 bridgehead atoms. The quantitative estimate of drug-likeness (QED) is 0.323. The van der Waals surface area contributed by atoms with Crippen LogP contribution in [0.4, 0.5) is 0 Å². The number of hydrogen-bond acceptors (Lipinski definition) is 4. The van der Waals surface area contributed by atoms with Gasteiger partial charge in [-0.2, -0.15) is 0 Å². The number of amides is 3. The second-order valence-corrected chi connectivity index (χ2v) is 13.4. The molecule has 232 valence electrons. The molecule has 0 unspecified atom stereocenters. The highest BCUT2D eigenvalue weighted by Crippen LogP contribution is 2.50. The minimum absolute atomic E-state index is 0.0130. The number of allylic oxidation sites excluding steroid dienone is 1. The molecule has 2 fully saturated rings. The Hall–Kier alpha value is -3.81. The Kier molecular flexibility index (Phi) is 7.85. The van der Waals surface area contributed by atoms with Gasteiger partial charge in [0.1, 0.15) is 5.76 Å². The SMILES string of the molecule is C[C@]12c3[nH]c4cc(-c5ccco5)ccc4c3CCN1C(=O)[C@@H](CC(=O)NCCC1=CCCCC1)C[C@@H]2C(=O)N1CCCCC1. The van der Waals surface area contributed by atoms with Crippen LogP contribution in [0.1, 0.15) is 82.4 Å². The fraction of sp³-hybridized carbons (Fsp3) is 0.528. The van der Waals surface area contributed by atoms with Crippen LogP contribution < -0.4 is 5.32 Å². The monoisotopic (exact) mass is 596 g/mol. The Balaban J connectivity index is 1.18. The average molecular weight is 597 g/mol. The lowest BCUT2D eigenvalue weighted by Crippen LogP contribution is -2.64. The van der Waals surface area contributed by atoms with Crippen molar-refractivity contribution in [1.82, 2.24) is 20.1 Å². The molecule has 8 heteroatoms. The standard InChI is InChI=1S/C36H44N4O4/c1-36-29(35(43)39-17-6-3-7-18-39)21-26(23-32(41)37-16-14-24-9-4-2-5-10-24)34(42)40(36)19-15-28-27-13-12-25(31-11-8-20-44-31)22-30(27)38-33(28)36/h8-9,11-13,20,22,26,29,38H,2-7,10,14-19,21,23H2,1H3,(H,37,41)/t26-,29-,36+/m1/s1. The van der Waals surface area contributed by atoms with Crippen molar-refractivity contribution < 1.29 is 18.8 Å². The summed E-state index contributed by atoms with van der Waals surface area (Å²) in [5.41, 5.74) is 4.72. The third kappa shape index (κ3) is 5.16. The van der Waals surface area contributed by atoms with E-state index in [2.05, 4.69) is 41.5 Å². The number of aromatic nitrogens is 1. The van der Waals surface area contributed by atoms with Gasteiger partial charge < -0.3 is 24.5 Å². The fourth-order valence-electron chi connectivity index (χ4n) is 8.31. The summed E-state index contributed by atoms with van der Waals surface area (Å²) in [5, 5.41) is 4.20. The van der Waals surface area contributed by atoms with E-state index in [-0.39, 0.29) is 24.1 Å². The topological polar surface area (TPSA) is 98.6 Å². The summed E-state index contributed by atoms with van der Waals surface area (Å²) < 4.78 is 5.65. The van der Waals surface area contributed by atoms with Crippen LogP contribution in [0, 0.1) is 11.8 Å². The van der Waals surface area contributed by atoms with Crippen molar-refractivity contribution in [2.75, 3.05) is 26.2 Å². The number of fused-ring (bicyclic) bond motifs is 5. The molecule has 2 N–H and O–H groups in total. The molecule has 0 radical (unpaired) electrons. The number of hydrogen-bond donors (Lipinski definition) is 2. The van der Waals surface area contributed by atoms with Gasteiger partial charge in [0.15, 0.2) is 0 Å². The predicted octanol–water partition coefficient (Wildman–Crippen LogP) is 6.07. The largest absolute Gasteiger partial charge is 0.464 e. The predicted molar refractivity (Wildman–Crippen MR) is 170 cm³/mol. The maximum atomic E-state index is 14.4. The van der Waals surface area contributed by atoms with Gasteiger partial charge in [0.2, 0.25) is 17.7 Å². The first kappa shape index (κ1) is 28.9. The van der Waals surface area contributed by atoms with Gasteiger partial charge in [-0.15, -0.1) is 0 Å². The number of aromatic amines is 1. The number of likely N-dealkylation sites (tertiary alicyclic amines) is 1. The number of nitrogens with zero attached hydrogens (tertiary/aromatic N) is 2. The Labute approximate surface area is 259 Å². The van der Waals surface area contributed by atoms with Crippen LogP contribution in [-0.4, -0.2) is 58.7 Å². The second kappa shape index (κ2) is 11.9. The van der Waals surface area contributed by atoms with Gasteiger partial charge in [-0.05, 0) is 94.9 Å². The van der Waals surface area contributed by atoms with Crippen molar-refractivity contribution in [2.45, 2.75) is 83.1 Å². The van der Waals surface area contributed by atoms with E-state index < -0.39 is 17.4 Å². The zero-order valence-electron chi connectivity index (χ0n) is 25.8. The molecule has 4 aliphatic rings. The summed E-state index contributed by atoms with van der Waals surface area (Å²) >= 11 is 0. The van der Waals surface area contributed by atoms with Gasteiger partial charge in [-0.1, -0.05) is 23.8 Å². The third-order valence-electron chi connectivity index (χ3n) is 10.7. The number of benzene rings is 1. The van der Waals surface area contributed by atoms with Crippen molar-refractivity contribution in [1.29, 1.82) is 0 Å². The molecule has 7 rings (SSSR count). The van der Waals surface area contributed by atoms with Crippen LogP contribution >= 0.6 is 0 Å². The molecule has 3 amide bonds. The molecule has 3 aromatic rings. The zero-order chi connectivity index (χ0) is 30.3. The molecular formula is C36H44N4O4. The zero-order valence-corrected chi connectivity index (χ0v) is 25.8. The van der Waals surface area contributed by atoms with Crippen LogP contribution in [0.2, 0.25) is 0 Å². The molecule has 1 aromatic carbocycles. The number of carbonyl (C=O) groups is 3. The van der Waals surface area contributed by atoms with Gasteiger partial charge >= 0.3 is 0 Å². The summed E-state index contributed by atoms with van der Waals surface area (Å²) in [6, 6.07) is 10.1. The van der Waals surface area contributed by atoms with E-state index in [9.17, 15) is 14.4 Å². The van der Waals surface area contributed by atoms with Crippen molar-refractivity contribution >= 4 is 28.6 Å². The van der Waals surface area contributed by atoms with E-state index in [1.807, 2.05) is 21.9 Å². The summed E-state index contributed by atoms with van der Waals surface area (Å²) in [5.74, 6) is -0.133. The Bertz CT molecular complexity index is 1580. The average Bonchev–Trinajstić information content (AvgIpc) is 3.72. The number of rotatable bonds is 7. The lowest BCUT2D eigenvalue weighted by Gasteiger charge is -2.54. The number of H-pyrrole nitrogens is 1. The summed E-state index contributed by atoms with van der Waals surface area (Å²) in [6.07, 6.45) is 13.9. The Morgan fingerprint density at radius 2 is 1.93 bits per heavy atom. The van der Waals surface area contributed by atoms with Gasteiger partial charge in [-0.25, -0.2) is 0 Å². The Morgan fingerprint density at radius 1 is 1.07 bits per heavy atom. The van der Waals surface area contributed by atoms with Gasteiger partial charge in [0.05, 0.1) is 17.7 Å². The fourth-order valence-corrected chi connectivity index (χ4v) is 8.31. The van der Waals surface area contributed by atoms with Gasteiger partial charge in [0, 0.05) is 60.7 Å². The van der Waals surface area contributed by atoms with E-state index in [1.54, 1.807) is 6.26 Å². The molecule has 1 aliphatic carbocycles. The van der Waals surface area contributed by atoms with Crippen LogP contribution in [0.3, 0.4) is 0 Å². The highest BCUT2D eigenvalue weighted by Gasteiger charge is 2.57. The summed E-state index contributed by atoms with van der Waals surface area (Å²) in [6.45, 7) is 4.72. The number of carbonyl (C=O) groups excluding carboxylic acids is 3. The van der Waals surface area contributed by atoms with Crippen molar-refractivity contribution in [2.24, 2.45) is 11.8 Å². The van der Waals surface area contributed by atoms with Gasteiger partial charge in [0.25, 0.3) is 0 Å². The van der Waals surface area contributed by atoms with E-state index >= 15 is 0 Å². The molecule has 3 aliphatic heterocycles. The molecular weight excluding hydrogens is 552 g/mol. The lowest BCUT2D eigenvalue weighted by atomic mass is 9.67.